The Labute approximate surface area is 73.4 Å². The van der Waals surface area contributed by atoms with Gasteiger partial charge >= 0.3 is 0 Å². The van der Waals surface area contributed by atoms with Gasteiger partial charge in [-0.1, -0.05) is 42.5 Å². The highest BCUT2D eigenvalue weighted by Crippen LogP contribution is 2.07. The highest BCUT2D eigenvalue weighted by atomic mass is 16.3. The molecule has 0 aliphatic carbocycles. The summed E-state index contributed by atoms with van der Waals surface area (Å²) in [6.07, 6.45) is 3.70. The maximum Gasteiger partial charge on any atom is 0.0774 e. The normalized spacial score (nSPS) is 12.2. The van der Waals surface area contributed by atoms with Gasteiger partial charge in [0.1, 0.15) is 0 Å². The predicted molar refractivity (Wildman–Crippen MR) is 51.8 cm³/mol. The summed E-state index contributed by atoms with van der Waals surface area (Å²) in [4.78, 5) is 0. The van der Waals surface area contributed by atoms with Crippen molar-refractivity contribution in [2.24, 2.45) is 0 Å². The standard InChI is InChI=1S/C11H14O/c1-11(2,12)9-8-10-6-4-3-5-7-10/h3-9,12H,1-2H3. The first kappa shape index (κ1) is 9.01. The first-order chi connectivity index (χ1) is 5.58. The molecule has 0 bridgehead atoms. The molecule has 1 rings (SSSR count). The van der Waals surface area contributed by atoms with Gasteiger partial charge in [0, 0.05) is 0 Å². The van der Waals surface area contributed by atoms with Crippen molar-refractivity contribution in [3.63, 3.8) is 0 Å². The van der Waals surface area contributed by atoms with E-state index in [0.29, 0.717) is 0 Å². The first-order valence-electron chi connectivity index (χ1n) is 4.04. The topological polar surface area (TPSA) is 20.2 Å². The van der Waals surface area contributed by atoms with E-state index in [9.17, 15) is 5.11 Å². The van der Waals surface area contributed by atoms with E-state index in [2.05, 4.69) is 0 Å². The van der Waals surface area contributed by atoms with Crippen molar-refractivity contribution in [2.45, 2.75) is 19.4 Å². The average Bonchev–Trinajstić information content (AvgIpc) is 2.02. The van der Waals surface area contributed by atoms with E-state index in [4.69, 9.17) is 0 Å². The molecule has 1 heteroatoms. The molecule has 1 nitrogen and oxygen atoms in total. The smallest absolute Gasteiger partial charge is 0.0774 e. The van der Waals surface area contributed by atoms with Crippen molar-refractivity contribution in [3.05, 3.63) is 42.0 Å². The molecule has 0 aromatic heterocycles. The molecule has 0 amide bonds. The van der Waals surface area contributed by atoms with Crippen LogP contribution in [-0.2, 0) is 0 Å². The summed E-state index contributed by atoms with van der Waals surface area (Å²) in [6, 6.07) is 9.93. The van der Waals surface area contributed by atoms with E-state index >= 15 is 0 Å². The molecule has 0 aliphatic rings. The van der Waals surface area contributed by atoms with Crippen LogP contribution in [0.2, 0.25) is 0 Å². The minimum atomic E-state index is -0.726. The van der Waals surface area contributed by atoms with Crippen molar-refractivity contribution in [1.29, 1.82) is 0 Å². The molecule has 0 aliphatic heterocycles. The Bertz CT molecular complexity index is 254. The monoisotopic (exact) mass is 162 g/mol. The zero-order valence-corrected chi connectivity index (χ0v) is 7.49. The van der Waals surface area contributed by atoms with Crippen LogP contribution in [-0.4, -0.2) is 10.7 Å². The zero-order valence-electron chi connectivity index (χ0n) is 7.49. The van der Waals surface area contributed by atoms with E-state index in [1.807, 2.05) is 36.4 Å². The van der Waals surface area contributed by atoms with Gasteiger partial charge < -0.3 is 5.11 Å². The molecule has 0 heterocycles. The SMILES string of the molecule is CC(C)(O)C=Cc1ccccc1. The molecule has 1 N–H and O–H groups in total. The highest BCUT2D eigenvalue weighted by molar-refractivity contribution is 5.49. The maximum atomic E-state index is 9.39. The fraction of sp³-hybridized carbons (Fsp3) is 0.273. The Morgan fingerprint density at radius 2 is 1.75 bits per heavy atom. The Morgan fingerprint density at radius 3 is 2.25 bits per heavy atom. The fourth-order valence-corrected chi connectivity index (χ4v) is 0.864. The van der Waals surface area contributed by atoms with Gasteiger partial charge in [0.2, 0.25) is 0 Å². The summed E-state index contributed by atoms with van der Waals surface area (Å²) >= 11 is 0. The van der Waals surface area contributed by atoms with E-state index in [1.165, 1.54) is 0 Å². The van der Waals surface area contributed by atoms with E-state index in [1.54, 1.807) is 19.9 Å². The summed E-state index contributed by atoms with van der Waals surface area (Å²) < 4.78 is 0. The lowest BCUT2D eigenvalue weighted by molar-refractivity contribution is 0.134. The van der Waals surface area contributed by atoms with Gasteiger partial charge in [-0.2, -0.15) is 0 Å². The maximum absolute atomic E-state index is 9.39. The summed E-state index contributed by atoms with van der Waals surface area (Å²) in [5, 5.41) is 9.39. The summed E-state index contributed by atoms with van der Waals surface area (Å²) in [5.41, 5.74) is 0.384. The van der Waals surface area contributed by atoms with Crippen LogP contribution >= 0.6 is 0 Å². The number of benzene rings is 1. The third-order valence-corrected chi connectivity index (χ3v) is 1.48. The predicted octanol–water partition coefficient (Wildman–Crippen LogP) is 2.47. The van der Waals surface area contributed by atoms with Crippen molar-refractivity contribution in [2.75, 3.05) is 0 Å². The second kappa shape index (κ2) is 3.55. The molecule has 0 radical (unpaired) electrons. The summed E-state index contributed by atoms with van der Waals surface area (Å²) in [6.45, 7) is 3.51. The van der Waals surface area contributed by atoms with Crippen LogP contribution in [0.5, 0.6) is 0 Å². The third-order valence-electron chi connectivity index (χ3n) is 1.48. The number of aliphatic hydroxyl groups is 1. The van der Waals surface area contributed by atoms with E-state index < -0.39 is 5.60 Å². The average molecular weight is 162 g/mol. The minimum absolute atomic E-state index is 0.726. The van der Waals surface area contributed by atoms with Crippen molar-refractivity contribution in [3.8, 4) is 0 Å². The van der Waals surface area contributed by atoms with Crippen molar-refractivity contribution >= 4 is 6.08 Å². The van der Waals surface area contributed by atoms with E-state index in [0.717, 1.165) is 5.56 Å². The lowest BCUT2D eigenvalue weighted by atomic mass is 10.1. The van der Waals surface area contributed by atoms with Crippen LogP contribution in [0, 0.1) is 0 Å². The number of rotatable bonds is 2. The molecule has 12 heavy (non-hydrogen) atoms. The van der Waals surface area contributed by atoms with Gasteiger partial charge in [0.15, 0.2) is 0 Å². The fourth-order valence-electron chi connectivity index (χ4n) is 0.864. The van der Waals surface area contributed by atoms with Crippen LogP contribution in [0.4, 0.5) is 0 Å². The second-order valence-corrected chi connectivity index (χ2v) is 3.40. The zero-order chi connectivity index (χ0) is 9.03. The highest BCUT2D eigenvalue weighted by Gasteiger charge is 2.04. The Balaban J connectivity index is 2.71. The Morgan fingerprint density at radius 1 is 1.17 bits per heavy atom. The van der Waals surface area contributed by atoms with Gasteiger partial charge in [0.25, 0.3) is 0 Å². The Hall–Kier alpha value is -1.08. The van der Waals surface area contributed by atoms with Gasteiger partial charge in [-0.25, -0.2) is 0 Å². The lowest BCUT2D eigenvalue weighted by Crippen LogP contribution is -2.13. The van der Waals surface area contributed by atoms with Crippen LogP contribution in [0.15, 0.2) is 36.4 Å². The molecule has 0 spiro atoms. The minimum Gasteiger partial charge on any atom is -0.386 e. The number of hydrogen-bond acceptors (Lipinski definition) is 1. The second-order valence-electron chi connectivity index (χ2n) is 3.40. The lowest BCUT2D eigenvalue weighted by Gasteiger charge is -2.09. The third kappa shape index (κ3) is 3.35. The first-order valence-corrected chi connectivity index (χ1v) is 4.04. The molecule has 0 saturated heterocycles. The van der Waals surface area contributed by atoms with Gasteiger partial charge in [0.05, 0.1) is 5.60 Å². The van der Waals surface area contributed by atoms with Crippen LogP contribution in [0.3, 0.4) is 0 Å². The van der Waals surface area contributed by atoms with E-state index in [-0.39, 0.29) is 0 Å². The molecule has 0 unspecified atom stereocenters. The summed E-state index contributed by atoms with van der Waals surface area (Å²) in [7, 11) is 0. The van der Waals surface area contributed by atoms with Gasteiger partial charge in [-0.3, -0.25) is 0 Å². The van der Waals surface area contributed by atoms with Crippen LogP contribution in [0.1, 0.15) is 19.4 Å². The molecule has 0 saturated carbocycles. The van der Waals surface area contributed by atoms with Gasteiger partial charge in [-0.15, -0.1) is 0 Å². The largest absolute Gasteiger partial charge is 0.386 e. The molecular weight excluding hydrogens is 148 g/mol. The molecule has 1 aromatic rings. The molecule has 0 fully saturated rings. The van der Waals surface area contributed by atoms with Gasteiger partial charge in [-0.05, 0) is 19.4 Å². The number of hydrogen-bond donors (Lipinski definition) is 1. The molecular formula is C11H14O. The Kier molecular flexibility index (Phi) is 2.66. The molecule has 1 aromatic carbocycles. The molecule has 0 atom stereocenters. The van der Waals surface area contributed by atoms with Crippen molar-refractivity contribution < 1.29 is 5.11 Å². The van der Waals surface area contributed by atoms with Crippen LogP contribution in [0.25, 0.3) is 6.08 Å². The summed E-state index contributed by atoms with van der Waals surface area (Å²) in [5.74, 6) is 0. The molecule has 64 valence electrons. The quantitative estimate of drug-likeness (QED) is 0.708. The van der Waals surface area contributed by atoms with Crippen molar-refractivity contribution in [1.82, 2.24) is 0 Å². The van der Waals surface area contributed by atoms with Crippen LogP contribution < -0.4 is 0 Å².